The van der Waals surface area contributed by atoms with Gasteiger partial charge in [0.25, 0.3) is 5.91 Å². The number of piperazine rings is 1. The summed E-state index contributed by atoms with van der Waals surface area (Å²) in [6.07, 6.45) is 1.85. The van der Waals surface area contributed by atoms with Crippen LogP contribution in [0.3, 0.4) is 0 Å². The smallest absolute Gasteiger partial charge is 0.274 e. The van der Waals surface area contributed by atoms with E-state index >= 15 is 0 Å². The molecule has 3 aromatic rings. The summed E-state index contributed by atoms with van der Waals surface area (Å²) < 4.78 is 1.74. The van der Waals surface area contributed by atoms with Crippen LogP contribution in [0.25, 0.3) is 5.52 Å². The van der Waals surface area contributed by atoms with Gasteiger partial charge in [-0.25, -0.2) is 4.52 Å². The van der Waals surface area contributed by atoms with Crippen LogP contribution in [0.15, 0.2) is 54.7 Å². The van der Waals surface area contributed by atoms with E-state index in [2.05, 4.69) is 16.1 Å². The van der Waals surface area contributed by atoms with E-state index in [1.165, 1.54) is 0 Å². The molecule has 6 heteroatoms. The van der Waals surface area contributed by atoms with E-state index in [9.17, 15) is 4.79 Å². The molecule has 25 heavy (non-hydrogen) atoms. The maximum Gasteiger partial charge on any atom is 0.274 e. The Morgan fingerprint density at radius 1 is 1.04 bits per heavy atom. The van der Waals surface area contributed by atoms with Gasteiger partial charge in [0.05, 0.1) is 5.52 Å². The van der Waals surface area contributed by atoms with E-state index < -0.39 is 0 Å². The molecule has 1 aromatic carbocycles. The predicted molar refractivity (Wildman–Crippen MR) is 97.8 cm³/mol. The van der Waals surface area contributed by atoms with Gasteiger partial charge in [-0.2, -0.15) is 5.10 Å². The van der Waals surface area contributed by atoms with Crippen molar-refractivity contribution in [2.24, 2.45) is 0 Å². The van der Waals surface area contributed by atoms with Crippen LogP contribution in [0, 0.1) is 0 Å². The zero-order chi connectivity index (χ0) is 17.2. The average Bonchev–Trinajstić information content (AvgIpc) is 3.08. The van der Waals surface area contributed by atoms with Gasteiger partial charge in [-0.15, -0.1) is 0 Å². The van der Waals surface area contributed by atoms with Gasteiger partial charge in [-0.3, -0.25) is 9.69 Å². The molecule has 5 nitrogen and oxygen atoms in total. The topological polar surface area (TPSA) is 40.9 Å². The third kappa shape index (κ3) is 3.38. The first kappa shape index (κ1) is 16.1. The summed E-state index contributed by atoms with van der Waals surface area (Å²) in [6, 6.07) is 15.6. The molecule has 0 atom stereocenters. The lowest BCUT2D eigenvalue weighted by molar-refractivity contribution is 0.0622. The van der Waals surface area contributed by atoms with Gasteiger partial charge in [0.15, 0.2) is 5.69 Å². The third-order valence-electron chi connectivity index (χ3n) is 4.60. The highest BCUT2D eigenvalue weighted by Crippen LogP contribution is 2.18. The summed E-state index contributed by atoms with van der Waals surface area (Å²) in [5.74, 6) is 0.00101. The molecule has 0 aliphatic carbocycles. The Morgan fingerprint density at radius 2 is 1.80 bits per heavy atom. The van der Waals surface area contributed by atoms with Crippen LogP contribution < -0.4 is 0 Å². The Bertz CT molecular complexity index is 866. The van der Waals surface area contributed by atoms with Crippen molar-refractivity contribution in [3.05, 3.63) is 71.0 Å². The van der Waals surface area contributed by atoms with Gasteiger partial charge in [-0.05, 0) is 29.8 Å². The molecule has 0 N–H and O–H groups in total. The minimum atomic E-state index is 0.00101. The van der Waals surface area contributed by atoms with Gasteiger partial charge in [0.1, 0.15) is 0 Å². The highest BCUT2D eigenvalue weighted by Gasteiger charge is 2.24. The summed E-state index contributed by atoms with van der Waals surface area (Å²) in [7, 11) is 0. The largest absolute Gasteiger partial charge is 0.335 e. The van der Waals surface area contributed by atoms with Gasteiger partial charge in [-0.1, -0.05) is 35.9 Å². The van der Waals surface area contributed by atoms with Gasteiger partial charge < -0.3 is 4.90 Å². The van der Waals surface area contributed by atoms with E-state index in [0.29, 0.717) is 18.8 Å². The molecule has 1 saturated heterocycles. The van der Waals surface area contributed by atoms with Gasteiger partial charge in [0, 0.05) is 43.9 Å². The van der Waals surface area contributed by atoms with Crippen molar-refractivity contribution in [1.82, 2.24) is 19.4 Å². The number of halogens is 1. The second kappa shape index (κ2) is 6.86. The molecule has 128 valence electrons. The first-order valence-electron chi connectivity index (χ1n) is 8.40. The fourth-order valence-corrected chi connectivity index (χ4v) is 3.38. The molecule has 0 spiro atoms. The Labute approximate surface area is 151 Å². The fraction of sp³-hybridized carbons (Fsp3) is 0.263. The van der Waals surface area contributed by atoms with E-state index in [1.54, 1.807) is 4.52 Å². The molecule has 1 aliphatic rings. The maximum atomic E-state index is 12.7. The van der Waals surface area contributed by atoms with Crippen molar-refractivity contribution in [3.63, 3.8) is 0 Å². The summed E-state index contributed by atoms with van der Waals surface area (Å²) >= 11 is 6.24. The van der Waals surface area contributed by atoms with Crippen molar-refractivity contribution in [3.8, 4) is 0 Å². The summed E-state index contributed by atoms with van der Waals surface area (Å²) in [5.41, 5.74) is 2.57. The summed E-state index contributed by atoms with van der Waals surface area (Å²) in [5, 5.41) is 5.18. The zero-order valence-electron chi connectivity index (χ0n) is 13.8. The number of nitrogens with zero attached hydrogens (tertiary/aromatic N) is 4. The average molecular weight is 355 g/mol. The highest BCUT2D eigenvalue weighted by molar-refractivity contribution is 6.31. The molecule has 1 aliphatic heterocycles. The number of aromatic nitrogens is 2. The lowest BCUT2D eigenvalue weighted by Gasteiger charge is -2.34. The zero-order valence-corrected chi connectivity index (χ0v) is 14.6. The molecule has 3 heterocycles. The second-order valence-electron chi connectivity index (χ2n) is 6.26. The first-order chi connectivity index (χ1) is 12.2. The van der Waals surface area contributed by atoms with Crippen LogP contribution >= 0.6 is 11.6 Å². The predicted octanol–water partition coefficient (Wildman–Crippen LogP) is 2.95. The minimum absolute atomic E-state index is 0.00101. The number of amides is 1. The van der Waals surface area contributed by atoms with Crippen LogP contribution in [0.2, 0.25) is 5.02 Å². The van der Waals surface area contributed by atoms with Crippen LogP contribution in [-0.4, -0.2) is 51.5 Å². The molecular weight excluding hydrogens is 336 g/mol. The number of fused-ring (bicyclic) bond motifs is 1. The van der Waals surface area contributed by atoms with Gasteiger partial charge in [0.2, 0.25) is 0 Å². The number of pyridine rings is 1. The fourth-order valence-electron chi connectivity index (χ4n) is 3.18. The number of rotatable bonds is 3. The molecule has 0 radical (unpaired) electrons. The Hall–Kier alpha value is -2.37. The number of carbonyl (C=O) groups is 1. The number of carbonyl (C=O) groups excluding carboxylic acids is 1. The lowest BCUT2D eigenvalue weighted by Crippen LogP contribution is -2.48. The second-order valence-corrected chi connectivity index (χ2v) is 6.67. The Balaban J connectivity index is 1.39. The van der Waals surface area contributed by atoms with Crippen molar-refractivity contribution < 1.29 is 4.79 Å². The van der Waals surface area contributed by atoms with Crippen molar-refractivity contribution >= 4 is 23.0 Å². The van der Waals surface area contributed by atoms with Gasteiger partial charge >= 0.3 is 0 Å². The van der Waals surface area contributed by atoms with Crippen LogP contribution in [0.5, 0.6) is 0 Å². The van der Waals surface area contributed by atoms with E-state index in [4.69, 9.17) is 11.6 Å². The van der Waals surface area contributed by atoms with Crippen LogP contribution in [0.4, 0.5) is 0 Å². The number of hydrogen-bond acceptors (Lipinski definition) is 3. The minimum Gasteiger partial charge on any atom is -0.335 e. The Kier molecular flexibility index (Phi) is 4.42. The number of hydrogen-bond donors (Lipinski definition) is 0. The molecule has 1 fully saturated rings. The summed E-state index contributed by atoms with van der Waals surface area (Å²) in [4.78, 5) is 16.9. The molecule has 4 rings (SSSR count). The Morgan fingerprint density at radius 3 is 2.56 bits per heavy atom. The quantitative estimate of drug-likeness (QED) is 0.726. The normalized spacial score (nSPS) is 15.6. The third-order valence-corrected chi connectivity index (χ3v) is 4.97. The first-order valence-corrected chi connectivity index (χ1v) is 8.78. The van der Waals surface area contributed by atoms with Crippen LogP contribution in [-0.2, 0) is 6.54 Å². The van der Waals surface area contributed by atoms with Crippen molar-refractivity contribution in [1.29, 1.82) is 0 Å². The van der Waals surface area contributed by atoms with E-state index in [1.807, 2.05) is 53.6 Å². The molecule has 2 aromatic heterocycles. The molecule has 0 saturated carbocycles. The maximum absolute atomic E-state index is 12.7. The van der Waals surface area contributed by atoms with E-state index in [0.717, 1.165) is 35.7 Å². The van der Waals surface area contributed by atoms with Crippen molar-refractivity contribution in [2.45, 2.75) is 6.54 Å². The molecule has 0 unspecified atom stereocenters. The molecule has 1 amide bonds. The highest BCUT2D eigenvalue weighted by atomic mass is 35.5. The SMILES string of the molecule is O=C(c1cc2ccccn2n1)N1CCN(Cc2ccccc2Cl)CC1. The van der Waals surface area contributed by atoms with E-state index in [-0.39, 0.29) is 5.91 Å². The summed E-state index contributed by atoms with van der Waals surface area (Å²) in [6.45, 7) is 3.90. The van der Waals surface area contributed by atoms with Crippen LogP contribution in [0.1, 0.15) is 16.1 Å². The lowest BCUT2D eigenvalue weighted by atomic mass is 10.2. The monoisotopic (exact) mass is 354 g/mol. The number of benzene rings is 1. The molecule has 0 bridgehead atoms. The molecular formula is C19H19ClN4O. The van der Waals surface area contributed by atoms with Crippen molar-refractivity contribution in [2.75, 3.05) is 26.2 Å². The standard InChI is InChI=1S/C19H19ClN4O/c20-17-7-2-1-5-15(17)14-22-9-11-23(12-10-22)19(25)18-13-16-6-3-4-8-24(16)21-18/h1-8,13H,9-12,14H2.